The zero-order chi connectivity index (χ0) is 13.4. The molecule has 17 heavy (non-hydrogen) atoms. The van der Waals surface area contributed by atoms with E-state index in [0.717, 1.165) is 17.8 Å². The number of carboxylic acids is 1. The highest BCUT2D eigenvalue weighted by molar-refractivity contribution is 8.14. The zero-order valence-corrected chi connectivity index (χ0v) is 11.2. The van der Waals surface area contributed by atoms with Crippen molar-refractivity contribution in [1.82, 2.24) is 0 Å². The van der Waals surface area contributed by atoms with Crippen molar-refractivity contribution in [3.63, 3.8) is 0 Å². The normalized spacial score (nSPS) is 27.1. The monoisotopic (exact) mass is 260 g/mol. The summed E-state index contributed by atoms with van der Waals surface area (Å²) >= 11 is 0.912. The van der Waals surface area contributed by atoms with Crippen molar-refractivity contribution in [2.75, 3.05) is 0 Å². The van der Waals surface area contributed by atoms with Crippen molar-refractivity contribution in [2.24, 2.45) is 17.3 Å². The third-order valence-corrected chi connectivity index (χ3v) is 3.92. The van der Waals surface area contributed by atoms with Crippen molar-refractivity contribution in [1.29, 1.82) is 0 Å². The lowest BCUT2D eigenvalue weighted by Crippen LogP contribution is -2.03. The van der Waals surface area contributed by atoms with Crippen molar-refractivity contribution in [3.05, 3.63) is 11.9 Å². The molecule has 2 atom stereocenters. The van der Waals surface area contributed by atoms with Gasteiger partial charge in [-0.05, 0) is 17.4 Å². The van der Waals surface area contributed by atoms with Gasteiger partial charge in [0.15, 0.2) is 5.83 Å². The number of aliphatic carboxylic acids is 1. The maximum absolute atomic E-state index is 13.5. The molecule has 0 aromatic rings. The molecule has 2 unspecified atom stereocenters. The van der Waals surface area contributed by atoms with E-state index in [9.17, 15) is 14.0 Å². The average Bonchev–Trinajstić information content (AvgIpc) is 2.66. The quantitative estimate of drug-likeness (QED) is 0.790. The van der Waals surface area contributed by atoms with Crippen molar-refractivity contribution in [3.8, 4) is 0 Å². The molecule has 1 aliphatic rings. The molecule has 3 nitrogen and oxygen atoms in total. The highest BCUT2D eigenvalue weighted by Crippen LogP contribution is 2.59. The predicted molar refractivity (Wildman–Crippen MR) is 65.3 cm³/mol. The summed E-state index contributed by atoms with van der Waals surface area (Å²) < 4.78 is 13.5. The van der Waals surface area contributed by atoms with Crippen LogP contribution >= 0.6 is 11.8 Å². The minimum absolute atomic E-state index is 0.0177. The van der Waals surface area contributed by atoms with E-state index in [1.165, 1.54) is 0 Å². The molecule has 1 N–H and O–H groups in total. The Hall–Kier alpha value is -0.840. The van der Waals surface area contributed by atoms with Gasteiger partial charge in [-0.3, -0.25) is 9.59 Å². The summed E-state index contributed by atoms with van der Waals surface area (Å²) in [6, 6.07) is 0. The molecule has 0 aromatic carbocycles. The minimum atomic E-state index is -0.937. The highest BCUT2D eigenvalue weighted by Gasteiger charge is 2.61. The summed E-state index contributed by atoms with van der Waals surface area (Å²) in [5, 5.41) is 8.31. The smallest absolute Gasteiger partial charge is 0.307 e. The summed E-state index contributed by atoms with van der Waals surface area (Å²) in [6.45, 7) is 7.13. The average molecular weight is 260 g/mol. The summed E-state index contributed by atoms with van der Waals surface area (Å²) in [5.41, 5.74) is -0.466. The van der Waals surface area contributed by atoms with Gasteiger partial charge in [0.25, 0.3) is 0 Å². The maximum Gasteiger partial charge on any atom is 0.307 e. The van der Waals surface area contributed by atoms with E-state index in [4.69, 9.17) is 5.11 Å². The number of thioether (sulfide) groups is 1. The molecule has 0 aromatic heterocycles. The Kier molecular flexibility index (Phi) is 4.02. The van der Waals surface area contributed by atoms with Gasteiger partial charge in [0.2, 0.25) is 5.12 Å². The summed E-state index contributed by atoms with van der Waals surface area (Å²) in [6.07, 6.45) is 1.16. The van der Waals surface area contributed by atoms with E-state index in [2.05, 4.69) is 0 Å². The van der Waals surface area contributed by atoms with E-state index in [0.29, 0.717) is 0 Å². The van der Waals surface area contributed by atoms with Crippen LogP contribution in [0.3, 0.4) is 0 Å². The standard InChI is InChI=1S/C12H17FO3S/c1-6(2)17-11(16)8(13)5-7-9(10(14)15)12(7,3)4/h5-7,9H,1-4H3,(H,14,15). The lowest BCUT2D eigenvalue weighted by Gasteiger charge is -2.01. The lowest BCUT2D eigenvalue weighted by atomic mass is 10.1. The van der Waals surface area contributed by atoms with Gasteiger partial charge in [0.05, 0.1) is 5.92 Å². The van der Waals surface area contributed by atoms with Crippen molar-refractivity contribution in [2.45, 2.75) is 32.9 Å². The van der Waals surface area contributed by atoms with Crippen LogP contribution in [0.15, 0.2) is 11.9 Å². The Morgan fingerprint density at radius 2 is 1.94 bits per heavy atom. The van der Waals surface area contributed by atoms with Crippen LogP contribution in [-0.2, 0) is 9.59 Å². The molecule has 5 heteroatoms. The minimum Gasteiger partial charge on any atom is -0.481 e. The molecule has 1 fully saturated rings. The lowest BCUT2D eigenvalue weighted by molar-refractivity contribution is -0.139. The number of carbonyl (C=O) groups is 2. The van der Waals surface area contributed by atoms with Crippen LogP contribution in [0.4, 0.5) is 4.39 Å². The molecule has 0 aliphatic heterocycles. The van der Waals surface area contributed by atoms with Crippen LogP contribution in [0, 0.1) is 17.3 Å². The fourth-order valence-corrected chi connectivity index (χ4v) is 2.57. The fourth-order valence-electron chi connectivity index (χ4n) is 1.96. The zero-order valence-electron chi connectivity index (χ0n) is 10.4. The number of carbonyl (C=O) groups excluding carboxylic acids is 1. The van der Waals surface area contributed by atoms with Gasteiger partial charge in [-0.1, -0.05) is 39.5 Å². The van der Waals surface area contributed by atoms with Gasteiger partial charge < -0.3 is 5.11 Å². The number of hydrogen-bond donors (Lipinski definition) is 1. The van der Waals surface area contributed by atoms with Crippen molar-refractivity contribution < 1.29 is 19.1 Å². The number of allylic oxidation sites excluding steroid dienone is 1. The SMILES string of the molecule is CC(C)SC(=O)C(F)=CC1C(C(=O)O)C1(C)C. The Labute approximate surface area is 104 Å². The van der Waals surface area contributed by atoms with Crippen LogP contribution < -0.4 is 0 Å². The van der Waals surface area contributed by atoms with Crippen LogP contribution in [0.25, 0.3) is 0 Å². The van der Waals surface area contributed by atoms with E-state index in [-0.39, 0.29) is 5.25 Å². The third-order valence-electron chi connectivity index (χ3n) is 3.04. The fraction of sp³-hybridized carbons (Fsp3) is 0.667. The van der Waals surface area contributed by atoms with E-state index in [1.54, 1.807) is 27.7 Å². The van der Waals surface area contributed by atoms with Crippen molar-refractivity contribution >= 4 is 22.8 Å². The Bertz CT molecular complexity index is 374. The molecule has 96 valence electrons. The number of hydrogen-bond acceptors (Lipinski definition) is 3. The Morgan fingerprint density at radius 3 is 2.29 bits per heavy atom. The summed E-state index contributed by atoms with van der Waals surface area (Å²) in [7, 11) is 0. The number of carboxylic acid groups (broad SMARTS) is 1. The molecule has 1 aliphatic carbocycles. The second kappa shape index (κ2) is 4.80. The number of rotatable bonds is 4. The Morgan fingerprint density at radius 1 is 1.41 bits per heavy atom. The molecular formula is C12H17FO3S. The first-order chi connectivity index (χ1) is 7.67. The molecular weight excluding hydrogens is 243 g/mol. The Balaban J connectivity index is 2.71. The molecule has 0 spiro atoms. The second-order valence-electron chi connectivity index (χ2n) is 5.13. The molecule has 0 radical (unpaired) electrons. The molecule has 0 amide bonds. The highest BCUT2D eigenvalue weighted by atomic mass is 32.2. The molecule has 0 heterocycles. The third kappa shape index (κ3) is 3.09. The van der Waals surface area contributed by atoms with Crippen LogP contribution in [0.2, 0.25) is 0 Å². The van der Waals surface area contributed by atoms with E-state index < -0.39 is 34.2 Å². The first kappa shape index (κ1) is 14.2. The first-order valence-corrected chi connectivity index (χ1v) is 6.37. The van der Waals surface area contributed by atoms with Gasteiger partial charge in [0.1, 0.15) is 0 Å². The van der Waals surface area contributed by atoms with Gasteiger partial charge in [0, 0.05) is 5.25 Å². The summed E-state index contributed by atoms with van der Waals surface area (Å²) in [4.78, 5) is 22.3. The molecule has 0 bridgehead atoms. The molecule has 1 saturated carbocycles. The van der Waals surface area contributed by atoms with Gasteiger partial charge in [-0.25, -0.2) is 4.39 Å². The van der Waals surface area contributed by atoms with Gasteiger partial charge in [-0.15, -0.1) is 0 Å². The van der Waals surface area contributed by atoms with E-state index in [1.807, 2.05) is 0 Å². The van der Waals surface area contributed by atoms with Crippen LogP contribution in [0.1, 0.15) is 27.7 Å². The largest absolute Gasteiger partial charge is 0.481 e. The second-order valence-corrected chi connectivity index (χ2v) is 6.68. The maximum atomic E-state index is 13.5. The van der Waals surface area contributed by atoms with Crippen LogP contribution in [0.5, 0.6) is 0 Å². The van der Waals surface area contributed by atoms with Gasteiger partial charge >= 0.3 is 5.97 Å². The molecule has 0 saturated heterocycles. The predicted octanol–water partition coefficient (Wildman–Crippen LogP) is 2.86. The topological polar surface area (TPSA) is 54.4 Å². The molecule has 1 rings (SSSR count). The number of halogens is 1. The first-order valence-electron chi connectivity index (χ1n) is 5.49. The summed E-state index contributed by atoms with van der Waals surface area (Å²) in [5.74, 6) is -2.75. The van der Waals surface area contributed by atoms with E-state index >= 15 is 0 Å². The van der Waals surface area contributed by atoms with Crippen LogP contribution in [-0.4, -0.2) is 21.4 Å². The van der Waals surface area contributed by atoms with Gasteiger partial charge in [-0.2, -0.15) is 0 Å².